The van der Waals surface area contributed by atoms with E-state index in [2.05, 4.69) is 18.7 Å². The van der Waals surface area contributed by atoms with E-state index in [1.54, 1.807) is 6.07 Å². The summed E-state index contributed by atoms with van der Waals surface area (Å²) in [6.07, 6.45) is 0. The topological polar surface area (TPSA) is 60.9 Å². The van der Waals surface area contributed by atoms with Gasteiger partial charge in [0.25, 0.3) is 0 Å². The lowest BCUT2D eigenvalue weighted by atomic mass is 9.95. The van der Waals surface area contributed by atoms with Crippen LogP contribution in [0.15, 0.2) is 41.3 Å². The lowest BCUT2D eigenvalue weighted by Crippen LogP contribution is -2.48. The maximum Gasteiger partial charge on any atom is 0.243 e. The second kappa shape index (κ2) is 8.19. The molecule has 2 aromatic carbocycles. The van der Waals surface area contributed by atoms with E-state index >= 15 is 0 Å². The van der Waals surface area contributed by atoms with Crippen LogP contribution in [0.1, 0.15) is 36.5 Å². The molecule has 1 aliphatic rings. The van der Waals surface area contributed by atoms with Crippen molar-refractivity contribution in [3.05, 3.63) is 58.9 Å². The number of piperazine rings is 1. The summed E-state index contributed by atoms with van der Waals surface area (Å²) in [5.74, 6) is 0.0832. The van der Waals surface area contributed by atoms with E-state index in [4.69, 9.17) is 0 Å². The average Bonchev–Trinajstić information content (AvgIpc) is 2.64. The number of aryl methyl sites for hydroxylation is 1. The van der Waals surface area contributed by atoms with Crippen molar-refractivity contribution in [2.75, 3.05) is 26.2 Å². The van der Waals surface area contributed by atoms with E-state index in [-0.39, 0.29) is 10.6 Å². The van der Waals surface area contributed by atoms with Crippen molar-refractivity contribution in [3.8, 4) is 5.75 Å². The van der Waals surface area contributed by atoms with Gasteiger partial charge in [0.2, 0.25) is 10.0 Å². The summed E-state index contributed by atoms with van der Waals surface area (Å²) in [6, 6.07) is 8.96. The Kier molecular flexibility index (Phi) is 6.07. The molecule has 1 saturated heterocycles. The molecular formula is C21H27FN2O3S. The molecule has 1 heterocycles. The predicted molar refractivity (Wildman–Crippen MR) is 107 cm³/mol. The Hall–Kier alpha value is -1.96. The summed E-state index contributed by atoms with van der Waals surface area (Å²) in [6.45, 7) is 8.59. The summed E-state index contributed by atoms with van der Waals surface area (Å²) in [4.78, 5) is 2.12. The Morgan fingerprint density at radius 1 is 1.11 bits per heavy atom. The minimum atomic E-state index is -3.70. The lowest BCUT2D eigenvalue weighted by Gasteiger charge is -2.34. The number of rotatable bonds is 5. The van der Waals surface area contributed by atoms with Gasteiger partial charge in [-0.05, 0) is 48.2 Å². The SMILES string of the molecule is Cc1cc(O)c(CN2CCN(S(=O)(=O)c3cccc(F)c3)CC2)cc1C(C)C. The Balaban J connectivity index is 1.69. The third-order valence-corrected chi connectivity index (χ3v) is 7.14. The number of nitrogens with zero attached hydrogens (tertiary/aromatic N) is 2. The van der Waals surface area contributed by atoms with Crippen LogP contribution in [0.5, 0.6) is 5.75 Å². The molecule has 0 radical (unpaired) electrons. The van der Waals surface area contributed by atoms with Crippen LogP contribution >= 0.6 is 0 Å². The van der Waals surface area contributed by atoms with Crippen LogP contribution in [0.3, 0.4) is 0 Å². The molecule has 0 atom stereocenters. The van der Waals surface area contributed by atoms with Crippen LogP contribution in [0.2, 0.25) is 0 Å². The highest BCUT2D eigenvalue weighted by atomic mass is 32.2. The molecule has 1 aliphatic heterocycles. The molecule has 152 valence electrons. The number of hydrogen-bond acceptors (Lipinski definition) is 4. The molecule has 0 unspecified atom stereocenters. The summed E-state index contributed by atoms with van der Waals surface area (Å²) in [5, 5.41) is 10.3. The van der Waals surface area contributed by atoms with Crippen molar-refractivity contribution in [2.24, 2.45) is 0 Å². The van der Waals surface area contributed by atoms with Crippen LogP contribution in [-0.4, -0.2) is 48.9 Å². The van der Waals surface area contributed by atoms with Crippen LogP contribution in [-0.2, 0) is 16.6 Å². The van der Waals surface area contributed by atoms with Crippen LogP contribution in [0.4, 0.5) is 4.39 Å². The van der Waals surface area contributed by atoms with Crippen molar-refractivity contribution in [3.63, 3.8) is 0 Å². The highest BCUT2D eigenvalue weighted by molar-refractivity contribution is 7.89. The first-order valence-electron chi connectivity index (χ1n) is 9.49. The minimum Gasteiger partial charge on any atom is -0.508 e. The molecule has 0 aromatic heterocycles. The van der Waals surface area contributed by atoms with E-state index < -0.39 is 15.8 Å². The van der Waals surface area contributed by atoms with Gasteiger partial charge in [-0.25, -0.2) is 12.8 Å². The molecule has 0 spiro atoms. The minimum absolute atomic E-state index is 0.0151. The molecule has 5 nitrogen and oxygen atoms in total. The van der Waals surface area contributed by atoms with Gasteiger partial charge < -0.3 is 5.11 Å². The standard InChI is InChI=1S/C21H27FN2O3S/c1-15(2)20-12-17(21(25)11-16(20)3)14-23-7-9-24(10-8-23)28(26,27)19-6-4-5-18(22)13-19/h4-6,11-13,15,25H,7-10,14H2,1-3H3. The van der Waals surface area contributed by atoms with Crippen molar-refractivity contribution >= 4 is 10.0 Å². The molecule has 0 amide bonds. The smallest absolute Gasteiger partial charge is 0.243 e. The Bertz CT molecular complexity index is 952. The largest absolute Gasteiger partial charge is 0.508 e. The zero-order chi connectivity index (χ0) is 20.5. The van der Waals surface area contributed by atoms with E-state index in [9.17, 15) is 17.9 Å². The highest BCUT2D eigenvalue weighted by Crippen LogP contribution is 2.28. The Morgan fingerprint density at radius 2 is 1.79 bits per heavy atom. The molecule has 7 heteroatoms. The molecule has 0 saturated carbocycles. The van der Waals surface area contributed by atoms with Crippen molar-refractivity contribution in [1.82, 2.24) is 9.21 Å². The second-order valence-electron chi connectivity index (χ2n) is 7.63. The summed E-state index contributed by atoms with van der Waals surface area (Å²) in [5.41, 5.74) is 3.14. The van der Waals surface area contributed by atoms with Gasteiger partial charge in [0, 0.05) is 38.3 Å². The number of sulfonamides is 1. The molecular weight excluding hydrogens is 379 g/mol. The van der Waals surface area contributed by atoms with Gasteiger partial charge in [0.15, 0.2) is 0 Å². The third-order valence-electron chi connectivity index (χ3n) is 5.25. The third kappa shape index (κ3) is 4.37. The fourth-order valence-corrected chi connectivity index (χ4v) is 5.10. The maximum absolute atomic E-state index is 13.4. The zero-order valence-corrected chi connectivity index (χ0v) is 17.3. The Labute approximate surface area is 166 Å². The first-order chi connectivity index (χ1) is 13.2. The monoisotopic (exact) mass is 406 g/mol. The van der Waals surface area contributed by atoms with E-state index in [1.807, 2.05) is 13.0 Å². The van der Waals surface area contributed by atoms with Gasteiger partial charge >= 0.3 is 0 Å². The summed E-state index contributed by atoms with van der Waals surface area (Å²) < 4.78 is 40.2. The number of hydrogen-bond donors (Lipinski definition) is 1. The Morgan fingerprint density at radius 3 is 2.39 bits per heavy atom. The molecule has 0 aliphatic carbocycles. The van der Waals surface area contributed by atoms with Crippen LogP contribution < -0.4 is 0 Å². The predicted octanol–water partition coefficient (Wildman–Crippen LogP) is 3.47. The number of halogens is 1. The normalized spacial score (nSPS) is 16.6. The van der Waals surface area contributed by atoms with Gasteiger partial charge in [-0.3, -0.25) is 4.90 Å². The quantitative estimate of drug-likeness (QED) is 0.826. The van der Waals surface area contributed by atoms with Crippen molar-refractivity contribution < 1.29 is 17.9 Å². The fourth-order valence-electron chi connectivity index (χ4n) is 3.65. The average molecular weight is 407 g/mol. The van der Waals surface area contributed by atoms with E-state index in [0.29, 0.717) is 38.6 Å². The van der Waals surface area contributed by atoms with Gasteiger partial charge in [-0.15, -0.1) is 0 Å². The number of phenolic OH excluding ortho intramolecular Hbond substituents is 1. The van der Waals surface area contributed by atoms with Gasteiger partial charge in [-0.2, -0.15) is 4.31 Å². The molecule has 28 heavy (non-hydrogen) atoms. The zero-order valence-electron chi connectivity index (χ0n) is 16.5. The van der Waals surface area contributed by atoms with Gasteiger partial charge in [-0.1, -0.05) is 26.0 Å². The van der Waals surface area contributed by atoms with Crippen molar-refractivity contribution in [1.29, 1.82) is 0 Å². The lowest BCUT2D eigenvalue weighted by molar-refractivity contribution is 0.180. The van der Waals surface area contributed by atoms with Gasteiger partial charge in [0.05, 0.1) is 4.90 Å². The molecule has 3 rings (SSSR count). The van der Waals surface area contributed by atoms with Gasteiger partial charge in [0.1, 0.15) is 11.6 Å². The number of aromatic hydroxyl groups is 1. The van der Waals surface area contributed by atoms with E-state index in [1.165, 1.54) is 28.1 Å². The van der Waals surface area contributed by atoms with Crippen molar-refractivity contribution in [2.45, 2.75) is 38.1 Å². The molecule has 2 aromatic rings. The van der Waals surface area contributed by atoms with Crippen LogP contribution in [0, 0.1) is 12.7 Å². The first kappa shape index (κ1) is 20.8. The summed E-state index contributed by atoms with van der Waals surface area (Å²) >= 11 is 0. The van der Waals surface area contributed by atoms with E-state index in [0.717, 1.165) is 17.2 Å². The second-order valence-corrected chi connectivity index (χ2v) is 9.57. The first-order valence-corrected chi connectivity index (χ1v) is 10.9. The molecule has 0 bridgehead atoms. The van der Waals surface area contributed by atoms with Crippen LogP contribution in [0.25, 0.3) is 0 Å². The fraction of sp³-hybridized carbons (Fsp3) is 0.429. The molecule has 1 N–H and O–H groups in total. The number of phenols is 1. The summed E-state index contributed by atoms with van der Waals surface area (Å²) in [7, 11) is -3.70. The highest BCUT2D eigenvalue weighted by Gasteiger charge is 2.29. The number of benzene rings is 2. The maximum atomic E-state index is 13.4. The molecule has 1 fully saturated rings.